The Morgan fingerprint density at radius 3 is 2.18 bits per heavy atom. The molecule has 0 saturated heterocycles. The van der Waals surface area contributed by atoms with Crippen LogP contribution in [0.3, 0.4) is 0 Å². The zero-order valence-electron chi connectivity index (χ0n) is 14.4. The first-order valence-electron chi connectivity index (χ1n) is 9.09. The fourth-order valence-electron chi connectivity index (χ4n) is 2.68. The van der Waals surface area contributed by atoms with Crippen LogP contribution in [0.25, 0.3) is 0 Å². The summed E-state index contributed by atoms with van der Waals surface area (Å²) in [6, 6.07) is 10.6. The lowest BCUT2D eigenvalue weighted by molar-refractivity contribution is 0.176. The average Bonchev–Trinajstić information content (AvgIpc) is 2.55. The van der Waals surface area contributed by atoms with Crippen molar-refractivity contribution < 1.29 is 0 Å². The van der Waals surface area contributed by atoms with Crippen LogP contribution in [0.5, 0.6) is 0 Å². The van der Waals surface area contributed by atoms with E-state index < -0.39 is 0 Å². The number of unbranched alkanes of at least 4 members (excludes halogenated alkanes) is 7. The van der Waals surface area contributed by atoms with Crippen molar-refractivity contribution in [1.82, 2.24) is 10.4 Å². The molecule has 0 saturated carbocycles. The highest BCUT2D eigenvalue weighted by Gasteiger charge is 2.04. The summed E-state index contributed by atoms with van der Waals surface area (Å²) in [5.41, 5.74) is 10.4. The molecule has 0 heterocycles. The minimum absolute atomic E-state index is 0.683. The molecule has 0 fully saturated rings. The van der Waals surface area contributed by atoms with Crippen LogP contribution in [0.15, 0.2) is 30.3 Å². The van der Waals surface area contributed by atoms with Crippen molar-refractivity contribution in [2.45, 2.75) is 64.8 Å². The van der Waals surface area contributed by atoms with E-state index >= 15 is 0 Å². The molecule has 0 unspecified atom stereocenters. The zero-order valence-corrected chi connectivity index (χ0v) is 14.4. The highest BCUT2D eigenvalue weighted by atomic mass is 15.5. The molecule has 0 aliphatic rings. The number of rotatable bonds is 14. The first kappa shape index (κ1) is 19.1. The SMILES string of the molecule is CCCCCCCCCCN(Cc1ccccc1)NCCN. The molecule has 22 heavy (non-hydrogen) atoms. The van der Waals surface area contributed by atoms with Crippen molar-refractivity contribution in [1.29, 1.82) is 0 Å². The molecule has 0 aliphatic carbocycles. The van der Waals surface area contributed by atoms with Crippen LogP contribution in [0.4, 0.5) is 0 Å². The van der Waals surface area contributed by atoms with Gasteiger partial charge in [0.15, 0.2) is 0 Å². The van der Waals surface area contributed by atoms with Gasteiger partial charge in [0.25, 0.3) is 0 Å². The summed E-state index contributed by atoms with van der Waals surface area (Å²) >= 11 is 0. The molecule has 1 rings (SSSR count). The van der Waals surface area contributed by atoms with E-state index in [4.69, 9.17) is 5.73 Å². The van der Waals surface area contributed by atoms with Crippen molar-refractivity contribution in [3.8, 4) is 0 Å². The summed E-state index contributed by atoms with van der Waals surface area (Å²) in [6.45, 7) is 5.86. The van der Waals surface area contributed by atoms with Crippen LogP contribution in [0, 0.1) is 0 Å². The molecule has 3 heteroatoms. The number of hydrogen-bond acceptors (Lipinski definition) is 3. The average molecular weight is 306 g/mol. The largest absolute Gasteiger partial charge is 0.329 e. The van der Waals surface area contributed by atoms with Crippen LogP contribution in [0.2, 0.25) is 0 Å². The van der Waals surface area contributed by atoms with Gasteiger partial charge in [-0.05, 0) is 12.0 Å². The van der Waals surface area contributed by atoms with Crippen LogP contribution in [-0.4, -0.2) is 24.6 Å². The maximum absolute atomic E-state index is 5.62. The standard InChI is InChI=1S/C19H35N3/c1-2-3-4-5-6-7-8-12-17-22(21-16-15-20)18-19-13-10-9-11-14-19/h9-11,13-14,21H,2-8,12,15-18,20H2,1H3. The zero-order chi connectivity index (χ0) is 15.9. The molecule has 1 aromatic carbocycles. The van der Waals surface area contributed by atoms with Crippen LogP contribution < -0.4 is 11.2 Å². The summed E-state index contributed by atoms with van der Waals surface area (Å²) in [4.78, 5) is 0. The van der Waals surface area contributed by atoms with Crippen LogP contribution in [0.1, 0.15) is 63.9 Å². The summed E-state index contributed by atoms with van der Waals surface area (Å²) in [5, 5.41) is 2.32. The Morgan fingerprint density at radius 2 is 1.55 bits per heavy atom. The second kappa shape index (κ2) is 13.7. The van der Waals surface area contributed by atoms with Gasteiger partial charge in [-0.2, -0.15) is 0 Å². The maximum atomic E-state index is 5.62. The Labute approximate surface area is 137 Å². The Bertz CT molecular complexity index is 340. The number of nitrogens with one attached hydrogen (secondary N) is 1. The van der Waals surface area contributed by atoms with Crippen molar-refractivity contribution in [3.05, 3.63) is 35.9 Å². The van der Waals surface area contributed by atoms with Gasteiger partial charge in [0, 0.05) is 26.2 Å². The molecular weight excluding hydrogens is 270 g/mol. The third-order valence-electron chi connectivity index (χ3n) is 3.98. The highest BCUT2D eigenvalue weighted by molar-refractivity contribution is 5.14. The molecule has 1 aromatic rings. The van der Waals surface area contributed by atoms with Crippen molar-refractivity contribution >= 4 is 0 Å². The fraction of sp³-hybridized carbons (Fsp3) is 0.684. The third-order valence-corrected chi connectivity index (χ3v) is 3.98. The molecule has 0 amide bonds. The quantitative estimate of drug-likeness (QED) is 0.402. The Balaban J connectivity index is 2.15. The Morgan fingerprint density at radius 1 is 0.909 bits per heavy atom. The van der Waals surface area contributed by atoms with Gasteiger partial charge < -0.3 is 5.73 Å². The summed E-state index contributed by atoms with van der Waals surface area (Å²) in [5.74, 6) is 0. The summed E-state index contributed by atoms with van der Waals surface area (Å²) in [6.07, 6.45) is 10.9. The molecule has 0 aromatic heterocycles. The molecule has 3 N–H and O–H groups in total. The predicted molar refractivity (Wildman–Crippen MR) is 96.5 cm³/mol. The first-order chi connectivity index (χ1) is 10.9. The second-order valence-corrected chi connectivity index (χ2v) is 6.08. The predicted octanol–water partition coefficient (Wildman–Crippen LogP) is 4.09. The monoisotopic (exact) mass is 305 g/mol. The van der Waals surface area contributed by atoms with Gasteiger partial charge in [-0.1, -0.05) is 82.2 Å². The van der Waals surface area contributed by atoms with Gasteiger partial charge >= 0.3 is 0 Å². The molecule has 0 spiro atoms. The van der Waals surface area contributed by atoms with Gasteiger partial charge in [0.2, 0.25) is 0 Å². The number of nitrogens with two attached hydrogens (primary N) is 1. The Kier molecular flexibility index (Phi) is 12.0. The van der Waals surface area contributed by atoms with E-state index in [0.29, 0.717) is 6.54 Å². The van der Waals surface area contributed by atoms with E-state index in [2.05, 4.69) is 47.7 Å². The second-order valence-electron chi connectivity index (χ2n) is 6.08. The fourth-order valence-corrected chi connectivity index (χ4v) is 2.68. The van der Waals surface area contributed by atoms with Crippen molar-refractivity contribution in [3.63, 3.8) is 0 Å². The number of hydrazine groups is 1. The topological polar surface area (TPSA) is 41.3 Å². The van der Waals surface area contributed by atoms with E-state index in [-0.39, 0.29) is 0 Å². The molecule has 0 bridgehead atoms. The molecule has 0 aliphatic heterocycles. The molecule has 0 atom stereocenters. The molecule has 3 nitrogen and oxygen atoms in total. The van der Waals surface area contributed by atoms with E-state index in [9.17, 15) is 0 Å². The normalized spacial score (nSPS) is 11.2. The molecular formula is C19H35N3. The highest BCUT2D eigenvalue weighted by Crippen LogP contribution is 2.09. The number of hydrogen-bond donors (Lipinski definition) is 2. The summed E-state index contributed by atoms with van der Waals surface area (Å²) < 4.78 is 0. The summed E-state index contributed by atoms with van der Waals surface area (Å²) in [7, 11) is 0. The Hall–Kier alpha value is -0.900. The van der Waals surface area contributed by atoms with Gasteiger partial charge in [-0.3, -0.25) is 5.43 Å². The number of benzene rings is 1. The number of nitrogens with zero attached hydrogens (tertiary/aromatic N) is 1. The lowest BCUT2D eigenvalue weighted by Crippen LogP contribution is -2.40. The third kappa shape index (κ3) is 9.93. The molecule has 126 valence electrons. The van der Waals surface area contributed by atoms with Gasteiger partial charge in [0.1, 0.15) is 0 Å². The van der Waals surface area contributed by atoms with E-state index in [1.807, 2.05) is 0 Å². The van der Waals surface area contributed by atoms with Crippen LogP contribution in [-0.2, 0) is 6.54 Å². The molecule has 0 radical (unpaired) electrons. The van der Waals surface area contributed by atoms with Gasteiger partial charge in [-0.15, -0.1) is 0 Å². The lowest BCUT2D eigenvalue weighted by atomic mass is 10.1. The van der Waals surface area contributed by atoms with E-state index in [1.54, 1.807) is 0 Å². The first-order valence-corrected chi connectivity index (χ1v) is 9.09. The lowest BCUT2D eigenvalue weighted by Gasteiger charge is -2.23. The van der Waals surface area contributed by atoms with Crippen molar-refractivity contribution in [2.75, 3.05) is 19.6 Å². The minimum atomic E-state index is 0.683. The van der Waals surface area contributed by atoms with Gasteiger partial charge in [-0.25, -0.2) is 5.01 Å². The van der Waals surface area contributed by atoms with Crippen molar-refractivity contribution in [2.24, 2.45) is 5.73 Å². The van der Waals surface area contributed by atoms with E-state index in [1.165, 1.54) is 56.9 Å². The minimum Gasteiger partial charge on any atom is -0.329 e. The van der Waals surface area contributed by atoms with Gasteiger partial charge in [0.05, 0.1) is 0 Å². The van der Waals surface area contributed by atoms with E-state index in [0.717, 1.165) is 19.6 Å². The maximum Gasteiger partial charge on any atom is 0.0381 e. The smallest absolute Gasteiger partial charge is 0.0381 e. The van der Waals surface area contributed by atoms with Crippen LogP contribution >= 0.6 is 0 Å².